The molecule has 2 N–H and O–H groups in total. The molecule has 1 aliphatic carbocycles. The van der Waals surface area contributed by atoms with Gasteiger partial charge in [-0.1, -0.05) is 0 Å². The van der Waals surface area contributed by atoms with Gasteiger partial charge in [-0.25, -0.2) is 17.5 Å². The summed E-state index contributed by atoms with van der Waals surface area (Å²) in [4.78, 5) is -0.114. The quantitative estimate of drug-likeness (QED) is 0.858. The maximum absolute atomic E-state index is 13.3. The summed E-state index contributed by atoms with van der Waals surface area (Å²) in [5.41, 5.74) is -0.318. The Bertz CT molecular complexity index is 557. The summed E-state index contributed by atoms with van der Waals surface area (Å²) in [6.45, 7) is 0.147. The van der Waals surface area contributed by atoms with Crippen molar-refractivity contribution in [3.05, 3.63) is 28.5 Å². The fraction of sp³-hybridized carbons (Fsp3) is 0.455. The van der Waals surface area contributed by atoms with Crippen LogP contribution in [0.15, 0.2) is 27.6 Å². The third-order valence-corrected chi connectivity index (χ3v) is 5.17. The first-order valence-electron chi connectivity index (χ1n) is 5.44. The van der Waals surface area contributed by atoms with Crippen molar-refractivity contribution in [2.45, 2.75) is 17.7 Å². The van der Waals surface area contributed by atoms with Crippen LogP contribution >= 0.6 is 15.9 Å². The highest BCUT2D eigenvalue weighted by atomic mass is 79.9. The van der Waals surface area contributed by atoms with Gasteiger partial charge >= 0.3 is 0 Å². The van der Waals surface area contributed by atoms with Crippen LogP contribution in [-0.4, -0.2) is 26.7 Å². The molecule has 0 heterocycles. The topological polar surface area (TPSA) is 66.4 Å². The van der Waals surface area contributed by atoms with E-state index in [0.717, 1.165) is 18.9 Å². The third kappa shape index (κ3) is 2.90. The summed E-state index contributed by atoms with van der Waals surface area (Å²) < 4.78 is 39.7. The second kappa shape index (κ2) is 4.88. The number of benzene rings is 1. The first-order valence-corrected chi connectivity index (χ1v) is 7.72. The van der Waals surface area contributed by atoms with Gasteiger partial charge in [0, 0.05) is 18.6 Å². The van der Waals surface area contributed by atoms with E-state index in [1.165, 1.54) is 12.1 Å². The second-order valence-electron chi connectivity index (χ2n) is 4.56. The Morgan fingerprint density at radius 2 is 2.11 bits per heavy atom. The summed E-state index contributed by atoms with van der Waals surface area (Å²) in [7, 11) is -3.72. The molecule has 0 bridgehead atoms. The van der Waals surface area contributed by atoms with Gasteiger partial charge in [0.25, 0.3) is 0 Å². The third-order valence-electron chi connectivity index (χ3n) is 3.13. The summed E-state index contributed by atoms with van der Waals surface area (Å²) in [6.07, 6.45) is 1.61. The van der Waals surface area contributed by atoms with Crippen LogP contribution in [0.1, 0.15) is 12.8 Å². The highest BCUT2D eigenvalue weighted by molar-refractivity contribution is 9.10. The van der Waals surface area contributed by atoms with E-state index in [9.17, 15) is 12.8 Å². The molecular formula is C11H13BrFNO3S. The average molecular weight is 338 g/mol. The van der Waals surface area contributed by atoms with Gasteiger partial charge in [-0.2, -0.15) is 0 Å². The molecule has 0 unspecified atom stereocenters. The Morgan fingerprint density at radius 1 is 1.44 bits per heavy atom. The van der Waals surface area contributed by atoms with E-state index in [-0.39, 0.29) is 27.9 Å². The number of hydrogen-bond acceptors (Lipinski definition) is 3. The SMILES string of the molecule is O=S(=O)(NCC1(CO)CC1)c1ccc(Br)c(F)c1. The largest absolute Gasteiger partial charge is 0.396 e. The number of nitrogens with one attached hydrogen (secondary N) is 1. The zero-order chi connectivity index (χ0) is 13.4. The molecule has 1 aromatic carbocycles. The van der Waals surface area contributed by atoms with E-state index in [2.05, 4.69) is 20.7 Å². The van der Waals surface area contributed by atoms with Gasteiger partial charge in [0.05, 0.1) is 9.37 Å². The molecule has 0 amide bonds. The van der Waals surface area contributed by atoms with Crippen LogP contribution in [0.5, 0.6) is 0 Å². The van der Waals surface area contributed by atoms with Crippen molar-refractivity contribution < 1.29 is 17.9 Å². The molecule has 0 saturated heterocycles. The number of aliphatic hydroxyl groups excluding tert-OH is 1. The molecule has 0 aromatic heterocycles. The van der Waals surface area contributed by atoms with E-state index in [0.29, 0.717) is 0 Å². The van der Waals surface area contributed by atoms with Crippen LogP contribution in [-0.2, 0) is 10.0 Å². The van der Waals surface area contributed by atoms with Gasteiger partial charge in [-0.15, -0.1) is 0 Å². The fourth-order valence-corrected chi connectivity index (χ4v) is 2.96. The lowest BCUT2D eigenvalue weighted by Gasteiger charge is -2.13. The summed E-state index contributed by atoms with van der Waals surface area (Å²) in [5.74, 6) is -0.624. The Balaban J connectivity index is 2.13. The predicted octanol–water partition coefficient (Wildman–Crippen LogP) is 1.64. The smallest absolute Gasteiger partial charge is 0.240 e. The lowest BCUT2D eigenvalue weighted by molar-refractivity contribution is 0.213. The maximum Gasteiger partial charge on any atom is 0.240 e. The molecule has 7 heteroatoms. The van der Waals surface area contributed by atoms with E-state index in [1.54, 1.807) is 0 Å². The van der Waals surface area contributed by atoms with Crippen LogP contribution in [0.2, 0.25) is 0 Å². The Labute approximate surface area is 113 Å². The van der Waals surface area contributed by atoms with Crippen molar-refractivity contribution >= 4 is 26.0 Å². The van der Waals surface area contributed by atoms with Crippen molar-refractivity contribution in [2.75, 3.05) is 13.2 Å². The molecule has 0 atom stereocenters. The first kappa shape index (κ1) is 13.9. The highest BCUT2D eigenvalue weighted by Crippen LogP contribution is 2.44. The molecule has 2 rings (SSSR count). The average Bonchev–Trinajstić information content (AvgIpc) is 3.11. The molecule has 1 aromatic rings. The van der Waals surface area contributed by atoms with Gasteiger partial charge < -0.3 is 5.11 Å². The summed E-state index contributed by atoms with van der Waals surface area (Å²) >= 11 is 2.96. The molecule has 1 aliphatic rings. The van der Waals surface area contributed by atoms with Gasteiger partial charge in [-0.3, -0.25) is 0 Å². The fourth-order valence-electron chi connectivity index (χ4n) is 1.54. The molecule has 0 spiro atoms. The second-order valence-corrected chi connectivity index (χ2v) is 7.18. The van der Waals surface area contributed by atoms with Crippen molar-refractivity contribution in [3.63, 3.8) is 0 Å². The highest BCUT2D eigenvalue weighted by Gasteiger charge is 2.42. The number of halogens is 2. The molecular weight excluding hydrogens is 325 g/mol. The number of aliphatic hydroxyl groups is 1. The van der Waals surface area contributed by atoms with Crippen molar-refractivity contribution in [2.24, 2.45) is 5.41 Å². The van der Waals surface area contributed by atoms with E-state index >= 15 is 0 Å². The number of sulfonamides is 1. The zero-order valence-electron chi connectivity index (χ0n) is 9.49. The Hall–Kier alpha value is -0.500. The van der Waals surface area contributed by atoms with Gasteiger partial charge in [0.2, 0.25) is 10.0 Å². The molecule has 1 saturated carbocycles. The van der Waals surface area contributed by atoms with Crippen LogP contribution < -0.4 is 4.72 Å². The molecule has 0 radical (unpaired) electrons. The van der Waals surface area contributed by atoms with E-state index < -0.39 is 15.8 Å². The van der Waals surface area contributed by atoms with Crippen LogP contribution in [0.4, 0.5) is 4.39 Å². The van der Waals surface area contributed by atoms with E-state index in [1.807, 2.05) is 0 Å². The number of hydrogen-bond donors (Lipinski definition) is 2. The lowest BCUT2D eigenvalue weighted by Crippen LogP contribution is -2.32. The molecule has 4 nitrogen and oxygen atoms in total. The van der Waals surface area contributed by atoms with Crippen molar-refractivity contribution in [1.82, 2.24) is 4.72 Å². The Kier molecular flexibility index (Phi) is 3.77. The van der Waals surface area contributed by atoms with Gasteiger partial charge in [-0.05, 0) is 47.0 Å². The molecule has 18 heavy (non-hydrogen) atoms. The lowest BCUT2D eigenvalue weighted by atomic mass is 10.1. The minimum absolute atomic E-state index is 0.0375. The molecule has 1 fully saturated rings. The van der Waals surface area contributed by atoms with Crippen molar-refractivity contribution in [3.8, 4) is 0 Å². The molecule has 0 aliphatic heterocycles. The zero-order valence-corrected chi connectivity index (χ0v) is 11.9. The normalized spacial score (nSPS) is 17.7. The minimum Gasteiger partial charge on any atom is -0.396 e. The predicted molar refractivity (Wildman–Crippen MR) is 68.0 cm³/mol. The van der Waals surface area contributed by atoms with Gasteiger partial charge in [0.1, 0.15) is 5.82 Å². The monoisotopic (exact) mass is 337 g/mol. The van der Waals surface area contributed by atoms with Crippen LogP contribution in [0, 0.1) is 11.2 Å². The first-order chi connectivity index (χ1) is 8.38. The maximum atomic E-state index is 13.3. The van der Waals surface area contributed by atoms with E-state index in [4.69, 9.17) is 5.11 Å². The summed E-state index contributed by atoms with van der Waals surface area (Å²) in [5, 5.41) is 9.10. The molecule has 100 valence electrons. The summed E-state index contributed by atoms with van der Waals surface area (Å²) in [6, 6.07) is 3.64. The van der Waals surface area contributed by atoms with Crippen molar-refractivity contribution in [1.29, 1.82) is 0 Å². The standard InChI is InChI=1S/C11H13BrFNO3S/c12-9-2-1-8(5-10(9)13)18(16,17)14-6-11(7-15)3-4-11/h1-2,5,14-15H,3-4,6-7H2. The minimum atomic E-state index is -3.72. The van der Waals surface area contributed by atoms with Crippen LogP contribution in [0.25, 0.3) is 0 Å². The number of rotatable bonds is 5. The van der Waals surface area contributed by atoms with Gasteiger partial charge in [0.15, 0.2) is 0 Å². The Morgan fingerprint density at radius 3 is 2.61 bits per heavy atom. The van der Waals surface area contributed by atoms with Crippen LogP contribution in [0.3, 0.4) is 0 Å².